The summed E-state index contributed by atoms with van der Waals surface area (Å²) in [5.74, 6) is 1.53. The number of hydrogen-bond acceptors (Lipinski definition) is 5. The molecule has 2 N–H and O–H groups in total. The number of hydrogen-bond donors (Lipinski definition) is 2. The van der Waals surface area contributed by atoms with Crippen molar-refractivity contribution < 1.29 is 24.1 Å². The minimum atomic E-state index is -0.228. The zero-order chi connectivity index (χ0) is 15.4. The summed E-state index contributed by atoms with van der Waals surface area (Å²) >= 11 is 0. The predicted molar refractivity (Wildman–Crippen MR) is 77.2 cm³/mol. The van der Waals surface area contributed by atoms with Gasteiger partial charge in [-0.1, -0.05) is 0 Å². The van der Waals surface area contributed by atoms with Gasteiger partial charge in [0.05, 0.1) is 33.0 Å². The monoisotopic (exact) mass is 295 g/mol. The number of carbonyl (C=O) groups excluding carboxylic acids is 1. The molecule has 1 aliphatic carbocycles. The number of amides is 1. The van der Waals surface area contributed by atoms with Crippen molar-refractivity contribution in [3.8, 4) is 17.2 Å². The number of benzene rings is 1. The van der Waals surface area contributed by atoms with Crippen molar-refractivity contribution in [2.75, 3.05) is 27.9 Å². The molecule has 1 aromatic rings. The molecule has 0 radical (unpaired) electrons. The largest absolute Gasteiger partial charge is 0.496 e. The first kappa shape index (κ1) is 15.4. The molecule has 6 nitrogen and oxygen atoms in total. The third-order valence-corrected chi connectivity index (χ3v) is 3.71. The summed E-state index contributed by atoms with van der Waals surface area (Å²) in [7, 11) is 4.54. The molecule has 1 saturated carbocycles. The van der Waals surface area contributed by atoms with Crippen LogP contribution in [0.4, 0.5) is 0 Å². The molecule has 1 aliphatic rings. The van der Waals surface area contributed by atoms with E-state index in [-0.39, 0.29) is 12.0 Å². The van der Waals surface area contributed by atoms with E-state index in [4.69, 9.17) is 14.2 Å². The molecule has 0 unspecified atom stereocenters. The average molecular weight is 295 g/mol. The van der Waals surface area contributed by atoms with Gasteiger partial charge in [0.2, 0.25) is 0 Å². The standard InChI is InChI=1S/C15H21NO5/c1-19-12-7-14(21-3)13(20-2)6-11(12)15(18)16-8-9-4-10(17)5-9/h6-7,9-10,17H,4-5,8H2,1-3H3,(H,16,18). The molecule has 1 amide bonds. The van der Waals surface area contributed by atoms with Crippen LogP contribution in [0.2, 0.25) is 0 Å². The summed E-state index contributed by atoms with van der Waals surface area (Å²) in [4.78, 5) is 12.3. The van der Waals surface area contributed by atoms with E-state index < -0.39 is 0 Å². The van der Waals surface area contributed by atoms with Crippen LogP contribution in [0.5, 0.6) is 17.2 Å². The lowest BCUT2D eigenvalue weighted by Crippen LogP contribution is -2.38. The second-order valence-corrected chi connectivity index (χ2v) is 5.11. The van der Waals surface area contributed by atoms with Gasteiger partial charge in [-0.2, -0.15) is 0 Å². The van der Waals surface area contributed by atoms with Crippen LogP contribution in [0.3, 0.4) is 0 Å². The lowest BCUT2D eigenvalue weighted by molar-refractivity contribution is 0.0420. The Morgan fingerprint density at radius 2 is 1.71 bits per heavy atom. The zero-order valence-electron chi connectivity index (χ0n) is 12.5. The van der Waals surface area contributed by atoms with Gasteiger partial charge in [0.15, 0.2) is 11.5 Å². The van der Waals surface area contributed by atoms with Gasteiger partial charge in [0.1, 0.15) is 5.75 Å². The molecule has 0 saturated heterocycles. The first-order valence-electron chi connectivity index (χ1n) is 6.85. The van der Waals surface area contributed by atoms with E-state index in [1.165, 1.54) is 21.3 Å². The van der Waals surface area contributed by atoms with Crippen molar-refractivity contribution in [2.24, 2.45) is 5.92 Å². The number of nitrogens with one attached hydrogen (secondary N) is 1. The molecule has 0 aliphatic heterocycles. The average Bonchev–Trinajstić information content (AvgIpc) is 2.48. The van der Waals surface area contributed by atoms with E-state index in [2.05, 4.69) is 5.32 Å². The third-order valence-electron chi connectivity index (χ3n) is 3.71. The van der Waals surface area contributed by atoms with Gasteiger partial charge in [-0.25, -0.2) is 0 Å². The van der Waals surface area contributed by atoms with Gasteiger partial charge < -0.3 is 24.6 Å². The van der Waals surface area contributed by atoms with Crippen LogP contribution in [0.15, 0.2) is 12.1 Å². The number of aliphatic hydroxyl groups is 1. The molecule has 0 bridgehead atoms. The van der Waals surface area contributed by atoms with Gasteiger partial charge >= 0.3 is 0 Å². The molecule has 0 heterocycles. The van der Waals surface area contributed by atoms with Crippen molar-refractivity contribution in [1.82, 2.24) is 5.32 Å². The maximum absolute atomic E-state index is 12.3. The Bertz CT molecular complexity index is 511. The molecule has 0 atom stereocenters. The van der Waals surface area contributed by atoms with E-state index in [9.17, 15) is 9.90 Å². The first-order valence-corrected chi connectivity index (χ1v) is 6.85. The molecule has 1 aromatic carbocycles. The molecule has 116 valence electrons. The highest BCUT2D eigenvalue weighted by molar-refractivity contribution is 5.97. The molecule has 21 heavy (non-hydrogen) atoms. The van der Waals surface area contributed by atoms with Crippen molar-refractivity contribution in [1.29, 1.82) is 0 Å². The fourth-order valence-electron chi connectivity index (χ4n) is 2.41. The Hall–Kier alpha value is -1.95. The maximum Gasteiger partial charge on any atom is 0.255 e. The van der Waals surface area contributed by atoms with Crippen LogP contribution in [-0.4, -0.2) is 45.0 Å². The number of aliphatic hydroxyl groups excluding tert-OH is 1. The molecular formula is C15H21NO5. The summed E-state index contributed by atoms with van der Waals surface area (Å²) in [6, 6.07) is 3.23. The Morgan fingerprint density at radius 1 is 1.14 bits per heavy atom. The summed E-state index contributed by atoms with van der Waals surface area (Å²) in [5, 5.41) is 12.1. The highest BCUT2D eigenvalue weighted by Gasteiger charge is 2.27. The van der Waals surface area contributed by atoms with E-state index in [1.807, 2.05) is 0 Å². The Morgan fingerprint density at radius 3 is 2.24 bits per heavy atom. The van der Waals surface area contributed by atoms with Crippen molar-refractivity contribution in [3.63, 3.8) is 0 Å². The van der Waals surface area contributed by atoms with Gasteiger partial charge in [0, 0.05) is 18.7 Å². The topological polar surface area (TPSA) is 77.0 Å². The van der Waals surface area contributed by atoms with Gasteiger partial charge in [-0.3, -0.25) is 4.79 Å². The molecule has 1 fully saturated rings. The predicted octanol–water partition coefficient (Wildman–Crippen LogP) is 1.21. The minimum Gasteiger partial charge on any atom is -0.496 e. The molecule has 0 aromatic heterocycles. The van der Waals surface area contributed by atoms with E-state index in [0.717, 1.165) is 12.8 Å². The zero-order valence-corrected chi connectivity index (χ0v) is 12.5. The highest BCUT2D eigenvalue weighted by Crippen LogP contribution is 2.34. The Kier molecular flexibility index (Phi) is 4.90. The first-order chi connectivity index (χ1) is 10.1. The van der Waals surface area contributed by atoms with Crippen LogP contribution in [0.25, 0.3) is 0 Å². The molecule has 2 rings (SSSR count). The number of carbonyl (C=O) groups is 1. The Balaban J connectivity index is 2.11. The van der Waals surface area contributed by atoms with Gasteiger partial charge in [-0.05, 0) is 18.8 Å². The quantitative estimate of drug-likeness (QED) is 0.825. The molecular weight excluding hydrogens is 274 g/mol. The van der Waals surface area contributed by atoms with Crippen molar-refractivity contribution >= 4 is 5.91 Å². The maximum atomic E-state index is 12.3. The highest BCUT2D eigenvalue weighted by atomic mass is 16.5. The van der Waals surface area contributed by atoms with Gasteiger partial charge in [0.25, 0.3) is 5.91 Å². The third kappa shape index (κ3) is 3.39. The van der Waals surface area contributed by atoms with Crippen molar-refractivity contribution in [3.05, 3.63) is 17.7 Å². The molecule has 6 heteroatoms. The summed E-state index contributed by atoms with van der Waals surface area (Å²) < 4.78 is 15.6. The smallest absolute Gasteiger partial charge is 0.255 e. The fourth-order valence-corrected chi connectivity index (χ4v) is 2.41. The minimum absolute atomic E-state index is 0.220. The van der Waals surface area contributed by atoms with Crippen molar-refractivity contribution in [2.45, 2.75) is 18.9 Å². The summed E-state index contributed by atoms with van der Waals surface area (Å²) in [6.45, 7) is 0.549. The number of methoxy groups -OCH3 is 3. The SMILES string of the molecule is COc1cc(OC)c(C(=O)NCC2CC(O)C2)cc1OC. The van der Waals surface area contributed by atoms with E-state index >= 15 is 0 Å². The number of ether oxygens (including phenoxy) is 3. The lowest BCUT2D eigenvalue weighted by atomic mass is 9.82. The second-order valence-electron chi connectivity index (χ2n) is 5.11. The fraction of sp³-hybridized carbons (Fsp3) is 0.533. The lowest BCUT2D eigenvalue weighted by Gasteiger charge is -2.31. The van der Waals surface area contributed by atoms with Crippen LogP contribution < -0.4 is 19.5 Å². The van der Waals surface area contributed by atoms with Gasteiger partial charge in [-0.15, -0.1) is 0 Å². The van der Waals surface area contributed by atoms with E-state index in [0.29, 0.717) is 35.3 Å². The molecule has 0 spiro atoms. The number of rotatable bonds is 6. The normalized spacial score (nSPS) is 20.4. The van der Waals surface area contributed by atoms with Crippen LogP contribution in [0, 0.1) is 5.92 Å². The summed E-state index contributed by atoms with van der Waals surface area (Å²) in [5.41, 5.74) is 0.398. The Labute approximate surface area is 124 Å². The van der Waals surface area contributed by atoms with Crippen LogP contribution in [0.1, 0.15) is 23.2 Å². The van der Waals surface area contributed by atoms with Crippen LogP contribution in [-0.2, 0) is 0 Å². The summed E-state index contributed by atoms with van der Waals surface area (Å²) in [6.07, 6.45) is 1.26. The second kappa shape index (κ2) is 6.67. The van der Waals surface area contributed by atoms with Crippen LogP contribution >= 0.6 is 0 Å². The van der Waals surface area contributed by atoms with E-state index in [1.54, 1.807) is 12.1 Å².